The number of benzene rings is 2. The summed E-state index contributed by atoms with van der Waals surface area (Å²) in [6.45, 7) is 0.705. The van der Waals surface area contributed by atoms with Gasteiger partial charge in [0, 0.05) is 6.54 Å². The van der Waals surface area contributed by atoms with Crippen LogP contribution in [0, 0.1) is 0 Å². The number of amides is 1. The van der Waals surface area contributed by atoms with Crippen molar-refractivity contribution in [1.82, 2.24) is 14.9 Å². The molecule has 1 aromatic heterocycles. The normalized spacial score (nSPS) is 17.7. The largest absolute Gasteiger partial charge is 0.392 e. The number of nitrogens with zero attached hydrogens (tertiary/aromatic N) is 2. The van der Waals surface area contributed by atoms with Crippen molar-refractivity contribution >= 4 is 5.91 Å². The second kappa shape index (κ2) is 9.24. The Balaban J connectivity index is 1.48. The summed E-state index contributed by atoms with van der Waals surface area (Å²) >= 11 is 0. The molecule has 4 N–H and O–H groups in total. The lowest BCUT2D eigenvalue weighted by Crippen LogP contribution is -2.48. The first-order valence-electron chi connectivity index (χ1n) is 10.5. The number of imidazole rings is 1. The van der Waals surface area contributed by atoms with Crippen molar-refractivity contribution < 1.29 is 9.90 Å². The van der Waals surface area contributed by atoms with Gasteiger partial charge in [0.15, 0.2) is 0 Å². The lowest BCUT2D eigenvalue weighted by Gasteiger charge is -2.36. The first-order valence-corrected chi connectivity index (χ1v) is 10.5. The Morgan fingerprint density at radius 3 is 2.60 bits per heavy atom. The van der Waals surface area contributed by atoms with Crippen LogP contribution in [0.4, 0.5) is 0 Å². The van der Waals surface area contributed by atoms with Gasteiger partial charge in [0.05, 0.1) is 30.6 Å². The first-order chi connectivity index (χ1) is 14.7. The lowest BCUT2D eigenvalue weighted by molar-refractivity contribution is -0.136. The van der Waals surface area contributed by atoms with Gasteiger partial charge in [0.2, 0.25) is 5.91 Å². The molecule has 1 fully saturated rings. The highest BCUT2D eigenvalue weighted by atomic mass is 16.3. The van der Waals surface area contributed by atoms with E-state index in [4.69, 9.17) is 5.73 Å². The third-order valence-corrected chi connectivity index (χ3v) is 5.76. The fourth-order valence-electron chi connectivity index (χ4n) is 4.08. The summed E-state index contributed by atoms with van der Waals surface area (Å²) in [7, 11) is 0. The summed E-state index contributed by atoms with van der Waals surface area (Å²) in [6, 6.07) is 17.0. The van der Waals surface area contributed by atoms with Crippen LogP contribution in [-0.4, -0.2) is 38.5 Å². The van der Waals surface area contributed by atoms with Gasteiger partial charge in [-0.2, -0.15) is 0 Å². The zero-order valence-electron chi connectivity index (χ0n) is 17.0. The van der Waals surface area contributed by atoms with Crippen LogP contribution >= 0.6 is 0 Å². The van der Waals surface area contributed by atoms with Crippen LogP contribution in [0.1, 0.15) is 42.3 Å². The van der Waals surface area contributed by atoms with Gasteiger partial charge in [-0.3, -0.25) is 4.79 Å². The Kier molecular flexibility index (Phi) is 6.26. The second-order valence-corrected chi connectivity index (χ2v) is 7.88. The molecule has 1 amide bonds. The van der Waals surface area contributed by atoms with Crippen LogP contribution in [0.5, 0.6) is 0 Å². The van der Waals surface area contributed by atoms with Crippen LogP contribution in [0.15, 0.2) is 60.8 Å². The average Bonchev–Trinajstić information content (AvgIpc) is 3.30. The fraction of sp³-hybridized carbons (Fsp3) is 0.333. The van der Waals surface area contributed by atoms with Gasteiger partial charge in [-0.25, -0.2) is 4.98 Å². The minimum atomic E-state index is -0.603. The Morgan fingerprint density at radius 1 is 1.13 bits per heavy atom. The van der Waals surface area contributed by atoms with Crippen molar-refractivity contribution in [3.63, 3.8) is 0 Å². The highest BCUT2D eigenvalue weighted by Gasteiger charge is 2.32. The number of aromatic nitrogens is 2. The zero-order chi connectivity index (χ0) is 20.9. The molecule has 1 aliphatic rings. The number of hydrogen-bond acceptors (Lipinski definition) is 4. The molecule has 0 unspecified atom stereocenters. The van der Waals surface area contributed by atoms with Crippen LogP contribution in [-0.2, 0) is 17.8 Å². The molecule has 0 spiro atoms. The molecular formula is C24H28N4O2. The first kappa shape index (κ1) is 20.3. The molecule has 2 heterocycles. The number of nitrogens with one attached hydrogen (secondary N) is 1. The number of hydrogen-bond donors (Lipinski definition) is 3. The number of nitrogens with two attached hydrogens (primary N) is 1. The zero-order valence-corrected chi connectivity index (χ0v) is 17.0. The number of piperidine rings is 1. The van der Waals surface area contributed by atoms with E-state index in [1.165, 1.54) is 0 Å². The molecular weight excluding hydrogens is 376 g/mol. The molecule has 6 nitrogen and oxygen atoms in total. The topological polar surface area (TPSA) is 95.2 Å². The molecule has 2 atom stereocenters. The Labute approximate surface area is 176 Å². The van der Waals surface area contributed by atoms with Crippen molar-refractivity contribution in [3.8, 4) is 11.3 Å². The molecule has 1 saturated heterocycles. The van der Waals surface area contributed by atoms with Crippen LogP contribution < -0.4 is 5.73 Å². The van der Waals surface area contributed by atoms with Gasteiger partial charge < -0.3 is 20.7 Å². The van der Waals surface area contributed by atoms with E-state index in [0.717, 1.165) is 47.5 Å². The molecule has 0 aliphatic carbocycles. The SMILES string of the molecule is N[C@@H](Cc1ccc(CO)cc1)C(=O)N1CCCC[C@H]1c1ncc(-c2ccccc2)[nH]1. The highest BCUT2D eigenvalue weighted by molar-refractivity contribution is 5.82. The number of aliphatic hydroxyl groups excluding tert-OH is 1. The summed E-state index contributed by atoms with van der Waals surface area (Å²) in [5.74, 6) is 0.782. The van der Waals surface area contributed by atoms with E-state index in [2.05, 4.69) is 9.97 Å². The van der Waals surface area contributed by atoms with Gasteiger partial charge in [0.25, 0.3) is 0 Å². The van der Waals surface area contributed by atoms with Gasteiger partial charge in [-0.05, 0) is 42.4 Å². The summed E-state index contributed by atoms with van der Waals surface area (Å²) in [6.07, 6.45) is 5.23. The molecule has 0 radical (unpaired) electrons. The quantitative estimate of drug-likeness (QED) is 0.588. The van der Waals surface area contributed by atoms with E-state index >= 15 is 0 Å². The number of aliphatic hydroxyl groups is 1. The number of carbonyl (C=O) groups is 1. The molecule has 6 heteroatoms. The maximum absolute atomic E-state index is 13.2. The van der Waals surface area contributed by atoms with E-state index in [1.807, 2.05) is 65.7 Å². The smallest absolute Gasteiger partial charge is 0.240 e. The minimum Gasteiger partial charge on any atom is -0.392 e. The molecule has 4 rings (SSSR count). The third kappa shape index (κ3) is 4.45. The third-order valence-electron chi connectivity index (χ3n) is 5.76. The van der Waals surface area contributed by atoms with Crippen molar-refractivity contribution in [2.75, 3.05) is 6.54 Å². The van der Waals surface area contributed by atoms with E-state index in [9.17, 15) is 9.90 Å². The van der Waals surface area contributed by atoms with E-state index in [1.54, 1.807) is 0 Å². The molecule has 1 aliphatic heterocycles. The van der Waals surface area contributed by atoms with E-state index in [-0.39, 0.29) is 18.6 Å². The maximum Gasteiger partial charge on any atom is 0.240 e. The predicted molar refractivity (Wildman–Crippen MR) is 116 cm³/mol. The lowest BCUT2D eigenvalue weighted by atomic mass is 9.98. The Bertz CT molecular complexity index is 968. The van der Waals surface area contributed by atoms with Crippen molar-refractivity contribution in [1.29, 1.82) is 0 Å². The van der Waals surface area contributed by atoms with Crippen molar-refractivity contribution in [2.24, 2.45) is 5.73 Å². The van der Waals surface area contributed by atoms with Crippen LogP contribution in [0.2, 0.25) is 0 Å². The number of likely N-dealkylation sites (tertiary alicyclic amines) is 1. The van der Waals surface area contributed by atoms with Crippen molar-refractivity contribution in [2.45, 2.75) is 44.4 Å². The minimum absolute atomic E-state index is 0.00877. The molecule has 0 saturated carbocycles. The average molecular weight is 405 g/mol. The van der Waals surface area contributed by atoms with Gasteiger partial charge >= 0.3 is 0 Å². The number of H-pyrrole nitrogens is 1. The number of rotatable bonds is 6. The Morgan fingerprint density at radius 2 is 1.87 bits per heavy atom. The fourth-order valence-corrected chi connectivity index (χ4v) is 4.08. The van der Waals surface area contributed by atoms with Gasteiger partial charge in [0.1, 0.15) is 5.82 Å². The summed E-state index contributed by atoms with van der Waals surface area (Å²) in [5, 5.41) is 9.19. The standard InChI is InChI=1S/C24H28N4O2/c25-20(14-17-9-11-18(16-29)12-10-17)24(30)28-13-5-4-8-22(28)23-26-15-21(27-23)19-6-2-1-3-7-19/h1-3,6-7,9-12,15,20,22,29H,4-5,8,13-14,16,25H2,(H,26,27)/t20-,22-/m0/s1. The highest BCUT2D eigenvalue weighted by Crippen LogP contribution is 2.31. The monoisotopic (exact) mass is 404 g/mol. The molecule has 156 valence electrons. The van der Waals surface area contributed by atoms with Gasteiger partial charge in [-0.1, -0.05) is 54.6 Å². The predicted octanol–water partition coefficient (Wildman–Crippen LogP) is 3.19. The summed E-state index contributed by atoms with van der Waals surface area (Å²) < 4.78 is 0. The molecule has 2 aromatic carbocycles. The Hall–Kier alpha value is -2.96. The second-order valence-electron chi connectivity index (χ2n) is 7.88. The van der Waals surface area contributed by atoms with Crippen LogP contribution in [0.3, 0.4) is 0 Å². The molecule has 3 aromatic rings. The van der Waals surface area contributed by atoms with E-state index in [0.29, 0.717) is 13.0 Å². The van der Waals surface area contributed by atoms with Crippen LogP contribution in [0.25, 0.3) is 11.3 Å². The molecule has 0 bridgehead atoms. The summed E-state index contributed by atoms with van der Waals surface area (Å²) in [5.41, 5.74) is 10.2. The number of carbonyl (C=O) groups excluding carboxylic acids is 1. The van der Waals surface area contributed by atoms with E-state index < -0.39 is 6.04 Å². The van der Waals surface area contributed by atoms with Crippen molar-refractivity contribution in [3.05, 3.63) is 77.7 Å². The molecule has 30 heavy (non-hydrogen) atoms. The summed E-state index contributed by atoms with van der Waals surface area (Å²) in [4.78, 5) is 23.1. The number of aromatic amines is 1. The maximum atomic E-state index is 13.2. The van der Waals surface area contributed by atoms with Gasteiger partial charge in [-0.15, -0.1) is 0 Å².